The fraction of sp³-hybridized carbons (Fsp3) is 0.333. The van der Waals surface area contributed by atoms with Gasteiger partial charge in [-0.3, -0.25) is 14.7 Å². The van der Waals surface area contributed by atoms with Gasteiger partial charge >= 0.3 is 6.01 Å². The lowest BCUT2D eigenvalue weighted by atomic mass is 10.0. The number of rotatable bonds is 10. The Morgan fingerprint density at radius 1 is 1.10 bits per heavy atom. The molecule has 1 amide bonds. The number of pyridine rings is 1. The van der Waals surface area contributed by atoms with Gasteiger partial charge in [-0.25, -0.2) is 0 Å². The summed E-state index contributed by atoms with van der Waals surface area (Å²) in [5.74, 6) is 0.788. The fourth-order valence-electron chi connectivity index (χ4n) is 5.05. The molecule has 0 bridgehead atoms. The van der Waals surface area contributed by atoms with Crippen LogP contribution in [-0.4, -0.2) is 99.9 Å². The summed E-state index contributed by atoms with van der Waals surface area (Å²) in [5, 5.41) is 22.4. The molecule has 2 aromatic carbocycles. The summed E-state index contributed by atoms with van der Waals surface area (Å²) in [4.78, 5) is 32.4. The van der Waals surface area contributed by atoms with Crippen molar-refractivity contribution >= 4 is 33.4 Å². The van der Waals surface area contributed by atoms with Crippen LogP contribution in [-0.2, 0) is 4.79 Å². The number of phenolic OH excluding ortho intramolecular Hbond substituents is 1. The van der Waals surface area contributed by atoms with Crippen molar-refractivity contribution in [2.45, 2.75) is 6.92 Å². The van der Waals surface area contributed by atoms with Crippen molar-refractivity contribution in [1.82, 2.24) is 24.8 Å². The topological polar surface area (TPSA) is 115 Å². The molecule has 1 aliphatic rings. The zero-order chi connectivity index (χ0) is 28.1. The molecule has 1 saturated heterocycles. The zero-order valence-electron chi connectivity index (χ0n) is 22.7. The van der Waals surface area contributed by atoms with E-state index in [4.69, 9.17) is 19.7 Å². The van der Waals surface area contributed by atoms with Crippen LogP contribution in [0.4, 0.5) is 5.82 Å². The number of ether oxygens (including phenoxy) is 1. The van der Waals surface area contributed by atoms with Gasteiger partial charge in [0.25, 0.3) is 0 Å². The maximum absolute atomic E-state index is 12.1. The van der Waals surface area contributed by atoms with E-state index in [2.05, 4.69) is 16.4 Å². The summed E-state index contributed by atoms with van der Waals surface area (Å²) in [7, 11) is 0. The molecule has 40 heavy (non-hydrogen) atoms. The number of carbonyl (C=O) groups excluding carboxylic acids is 1. The summed E-state index contributed by atoms with van der Waals surface area (Å²) < 4.78 is 6.03. The molecular weight excluding hydrogens is 508 g/mol. The van der Waals surface area contributed by atoms with E-state index >= 15 is 0 Å². The van der Waals surface area contributed by atoms with Crippen LogP contribution in [0.1, 0.15) is 6.92 Å². The summed E-state index contributed by atoms with van der Waals surface area (Å²) in [5.41, 5.74) is 2.15. The first-order valence-electron chi connectivity index (χ1n) is 13.5. The van der Waals surface area contributed by atoms with Gasteiger partial charge < -0.3 is 24.7 Å². The average molecular weight is 543 g/mol. The number of aromatic hydroxyl groups is 1. The predicted octanol–water partition coefficient (Wildman–Crippen LogP) is 3.08. The number of phenols is 1. The Morgan fingerprint density at radius 3 is 2.65 bits per heavy atom. The molecule has 208 valence electrons. The molecule has 0 saturated carbocycles. The number of nitrogens with zero attached hydrogens (tertiary/aromatic N) is 6. The third-order valence-corrected chi connectivity index (χ3v) is 7.23. The summed E-state index contributed by atoms with van der Waals surface area (Å²) in [6, 6.07) is 13.5. The second-order valence-electron chi connectivity index (χ2n) is 9.65. The van der Waals surface area contributed by atoms with E-state index in [0.29, 0.717) is 62.9 Å². The molecule has 10 heteroatoms. The van der Waals surface area contributed by atoms with Crippen molar-refractivity contribution in [2.24, 2.45) is 0 Å². The van der Waals surface area contributed by atoms with Gasteiger partial charge in [0.15, 0.2) is 0 Å². The minimum atomic E-state index is -0.0794. The Kier molecular flexibility index (Phi) is 8.37. The lowest BCUT2D eigenvalue weighted by Gasteiger charge is -2.35. The van der Waals surface area contributed by atoms with Crippen molar-refractivity contribution in [3.8, 4) is 23.0 Å². The number of aliphatic hydroxyl groups is 1. The highest BCUT2D eigenvalue weighted by molar-refractivity contribution is 5.99. The van der Waals surface area contributed by atoms with Crippen LogP contribution in [0.25, 0.3) is 32.9 Å². The number of aliphatic hydroxyl groups excluding tert-OH is 1. The van der Waals surface area contributed by atoms with Crippen LogP contribution in [0.3, 0.4) is 0 Å². The molecule has 5 rings (SSSR count). The zero-order valence-corrected chi connectivity index (χ0v) is 22.7. The standard InChI is InChI=1S/C30H34N6O4/c1-3-28(39)35-9-11-36(12-10-35)29-25-20-31-26(24-18-22(38)17-21-7-5-6-8-23(21)24)19-27(25)32-30(33-29)40-16-14-34(4-2)13-15-37/h3,5-8,17-20,37-38H,1,4,9-16H2,2H3. The number of carbonyl (C=O) groups is 1. The number of hydrogen-bond acceptors (Lipinski definition) is 9. The number of fused-ring (bicyclic) bond motifs is 2. The van der Waals surface area contributed by atoms with E-state index in [1.165, 1.54) is 6.08 Å². The van der Waals surface area contributed by atoms with Gasteiger partial charge in [0.05, 0.1) is 23.2 Å². The summed E-state index contributed by atoms with van der Waals surface area (Å²) >= 11 is 0. The number of piperazine rings is 1. The van der Waals surface area contributed by atoms with Gasteiger partial charge in [-0.15, -0.1) is 0 Å². The third-order valence-electron chi connectivity index (χ3n) is 7.23. The summed E-state index contributed by atoms with van der Waals surface area (Å²) in [6.45, 7) is 10.4. The van der Waals surface area contributed by atoms with Crippen molar-refractivity contribution in [1.29, 1.82) is 0 Å². The molecular formula is C30H34N6O4. The van der Waals surface area contributed by atoms with Gasteiger partial charge in [0.2, 0.25) is 5.91 Å². The van der Waals surface area contributed by atoms with Gasteiger partial charge in [-0.2, -0.15) is 9.97 Å². The van der Waals surface area contributed by atoms with Crippen molar-refractivity contribution in [2.75, 3.05) is 63.9 Å². The van der Waals surface area contributed by atoms with E-state index in [1.54, 1.807) is 23.2 Å². The minimum absolute atomic E-state index is 0.0794. The molecule has 4 aromatic rings. The molecule has 0 radical (unpaired) electrons. The Hall–Kier alpha value is -4.28. The molecule has 0 atom stereocenters. The van der Waals surface area contributed by atoms with Crippen LogP contribution >= 0.6 is 0 Å². The van der Waals surface area contributed by atoms with Crippen LogP contribution in [0, 0.1) is 0 Å². The second-order valence-corrected chi connectivity index (χ2v) is 9.65. The lowest BCUT2D eigenvalue weighted by Crippen LogP contribution is -2.48. The van der Waals surface area contributed by atoms with Crippen LogP contribution in [0.2, 0.25) is 0 Å². The van der Waals surface area contributed by atoms with Crippen molar-refractivity contribution in [3.05, 3.63) is 61.3 Å². The van der Waals surface area contributed by atoms with E-state index in [-0.39, 0.29) is 24.3 Å². The van der Waals surface area contributed by atoms with E-state index < -0.39 is 0 Å². The third kappa shape index (κ3) is 5.83. The molecule has 0 unspecified atom stereocenters. The van der Waals surface area contributed by atoms with Crippen LogP contribution in [0.15, 0.2) is 61.3 Å². The van der Waals surface area contributed by atoms with Crippen LogP contribution in [0.5, 0.6) is 11.8 Å². The van der Waals surface area contributed by atoms with E-state index in [0.717, 1.165) is 28.3 Å². The number of anilines is 1. The first-order chi connectivity index (χ1) is 19.5. The quantitative estimate of drug-likeness (QED) is 0.292. The molecule has 1 aliphatic heterocycles. The molecule has 3 heterocycles. The SMILES string of the molecule is C=CC(=O)N1CCN(c2nc(OCCN(CC)CCO)nc3cc(-c4cc(O)cc5ccccc45)ncc23)CC1. The Morgan fingerprint density at radius 2 is 1.90 bits per heavy atom. The van der Waals surface area contributed by atoms with E-state index in [9.17, 15) is 15.0 Å². The van der Waals surface area contributed by atoms with E-state index in [1.807, 2.05) is 37.3 Å². The van der Waals surface area contributed by atoms with Gasteiger partial charge in [-0.1, -0.05) is 37.8 Å². The predicted molar refractivity (Wildman–Crippen MR) is 156 cm³/mol. The fourth-order valence-corrected chi connectivity index (χ4v) is 5.05. The van der Waals surface area contributed by atoms with Crippen molar-refractivity contribution in [3.63, 3.8) is 0 Å². The molecule has 2 N–H and O–H groups in total. The highest BCUT2D eigenvalue weighted by Crippen LogP contribution is 2.34. The number of hydrogen-bond donors (Lipinski definition) is 2. The largest absolute Gasteiger partial charge is 0.508 e. The van der Waals surface area contributed by atoms with Gasteiger partial charge in [-0.05, 0) is 41.6 Å². The maximum Gasteiger partial charge on any atom is 0.318 e. The number of likely N-dealkylation sites (N-methyl/N-ethyl adjacent to an activating group) is 1. The normalized spacial score (nSPS) is 13.8. The Balaban J connectivity index is 1.52. The maximum atomic E-state index is 12.1. The highest BCUT2D eigenvalue weighted by atomic mass is 16.5. The lowest BCUT2D eigenvalue weighted by molar-refractivity contribution is -0.126. The molecule has 10 nitrogen and oxygen atoms in total. The number of aromatic nitrogens is 3. The number of amides is 1. The smallest absolute Gasteiger partial charge is 0.318 e. The molecule has 1 fully saturated rings. The first-order valence-corrected chi connectivity index (χ1v) is 13.5. The Bertz CT molecular complexity index is 1520. The molecule has 0 spiro atoms. The monoisotopic (exact) mass is 542 g/mol. The second kappa shape index (κ2) is 12.3. The summed E-state index contributed by atoms with van der Waals surface area (Å²) in [6.07, 6.45) is 3.11. The van der Waals surface area contributed by atoms with Gasteiger partial charge in [0.1, 0.15) is 18.2 Å². The number of benzene rings is 2. The minimum Gasteiger partial charge on any atom is -0.508 e. The Labute approximate surface area is 233 Å². The average Bonchev–Trinajstić information content (AvgIpc) is 2.99. The van der Waals surface area contributed by atoms with Gasteiger partial charge in [0, 0.05) is 51.0 Å². The molecule has 2 aromatic heterocycles. The highest BCUT2D eigenvalue weighted by Gasteiger charge is 2.24. The van der Waals surface area contributed by atoms with Crippen LogP contribution < -0.4 is 9.64 Å². The van der Waals surface area contributed by atoms with Crippen molar-refractivity contribution < 1.29 is 19.7 Å². The molecule has 0 aliphatic carbocycles. The first kappa shape index (κ1) is 27.3.